The molecule has 1 amide bonds. The second-order valence-electron chi connectivity index (χ2n) is 4.47. The van der Waals surface area contributed by atoms with Gasteiger partial charge in [-0.05, 0) is 23.6 Å². The second kappa shape index (κ2) is 5.40. The molecule has 0 spiro atoms. The minimum absolute atomic E-state index is 0.0329. The first-order valence-corrected chi connectivity index (χ1v) is 6.30. The minimum atomic E-state index is -0.876. The summed E-state index contributed by atoms with van der Waals surface area (Å²) in [5.41, 5.74) is 1.45. The van der Waals surface area contributed by atoms with Crippen molar-refractivity contribution in [3.05, 3.63) is 29.8 Å². The van der Waals surface area contributed by atoms with E-state index in [4.69, 9.17) is 16.7 Å². The number of carbonyl (C=O) groups is 2. The summed E-state index contributed by atoms with van der Waals surface area (Å²) in [6.07, 6.45) is 0.432. The highest BCUT2D eigenvalue weighted by molar-refractivity contribution is 6.18. The Morgan fingerprint density at radius 2 is 2.28 bits per heavy atom. The van der Waals surface area contributed by atoms with Crippen molar-refractivity contribution in [1.29, 1.82) is 0 Å². The average molecular weight is 268 g/mol. The summed E-state index contributed by atoms with van der Waals surface area (Å²) in [4.78, 5) is 24.2. The smallest absolute Gasteiger partial charge is 0.307 e. The van der Waals surface area contributed by atoms with Gasteiger partial charge in [0.15, 0.2) is 0 Å². The van der Waals surface area contributed by atoms with Gasteiger partial charge in [0, 0.05) is 24.5 Å². The summed E-state index contributed by atoms with van der Waals surface area (Å²) < 4.78 is 0. The summed E-state index contributed by atoms with van der Waals surface area (Å²) in [7, 11) is 0. The van der Waals surface area contributed by atoms with Gasteiger partial charge >= 0.3 is 5.97 Å². The van der Waals surface area contributed by atoms with Crippen LogP contribution in [0.2, 0.25) is 0 Å². The maximum atomic E-state index is 11.8. The van der Waals surface area contributed by atoms with Crippen molar-refractivity contribution in [3.8, 4) is 0 Å². The number of aliphatic carboxylic acids is 1. The Labute approximate surface area is 110 Å². The summed E-state index contributed by atoms with van der Waals surface area (Å²) in [6.45, 7) is 0.610. The number of anilines is 1. The number of alkyl halides is 1. The molecule has 1 N–H and O–H groups in total. The van der Waals surface area contributed by atoms with E-state index in [1.165, 1.54) is 0 Å². The number of carbonyl (C=O) groups excluding carboxylic acids is 1. The first-order chi connectivity index (χ1) is 8.60. The molecular weight excluding hydrogens is 254 g/mol. The van der Waals surface area contributed by atoms with Crippen molar-refractivity contribution >= 4 is 29.2 Å². The van der Waals surface area contributed by atoms with Crippen molar-refractivity contribution in [3.63, 3.8) is 0 Å². The van der Waals surface area contributed by atoms with E-state index in [9.17, 15) is 9.59 Å². The van der Waals surface area contributed by atoms with Gasteiger partial charge in [-0.1, -0.05) is 12.1 Å². The van der Waals surface area contributed by atoms with Crippen LogP contribution in [-0.2, 0) is 16.0 Å². The van der Waals surface area contributed by atoms with E-state index in [0.29, 0.717) is 24.4 Å². The van der Waals surface area contributed by atoms with E-state index in [-0.39, 0.29) is 18.2 Å². The highest BCUT2D eigenvalue weighted by Gasteiger charge is 2.29. The third-order valence-electron chi connectivity index (χ3n) is 3.00. The number of hydrogen-bond acceptors (Lipinski definition) is 2. The van der Waals surface area contributed by atoms with Crippen molar-refractivity contribution < 1.29 is 14.7 Å². The number of carboxylic acids is 1. The van der Waals surface area contributed by atoms with Crippen LogP contribution in [0.3, 0.4) is 0 Å². The van der Waals surface area contributed by atoms with E-state index in [2.05, 4.69) is 0 Å². The van der Waals surface area contributed by atoms with Crippen molar-refractivity contribution in [2.24, 2.45) is 5.92 Å². The minimum Gasteiger partial charge on any atom is -0.481 e. The number of carboxylic acid groups (broad SMARTS) is 1. The Morgan fingerprint density at radius 1 is 1.50 bits per heavy atom. The van der Waals surface area contributed by atoms with E-state index in [1.54, 1.807) is 23.1 Å². The largest absolute Gasteiger partial charge is 0.481 e. The Balaban J connectivity index is 2.18. The van der Waals surface area contributed by atoms with Gasteiger partial charge in [-0.15, -0.1) is 11.6 Å². The standard InChI is InChI=1S/C13H14ClNO3/c14-7-10-5-12(16)15(8-10)11-3-1-2-9(4-11)6-13(17)18/h1-4,10H,5-8H2,(H,17,18). The van der Waals surface area contributed by atoms with Crippen LogP contribution in [0.1, 0.15) is 12.0 Å². The Hall–Kier alpha value is -1.55. The lowest BCUT2D eigenvalue weighted by Gasteiger charge is -2.17. The maximum Gasteiger partial charge on any atom is 0.307 e. The van der Waals surface area contributed by atoms with E-state index >= 15 is 0 Å². The van der Waals surface area contributed by atoms with Gasteiger partial charge in [-0.25, -0.2) is 0 Å². The number of benzene rings is 1. The molecule has 18 heavy (non-hydrogen) atoms. The topological polar surface area (TPSA) is 57.6 Å². The van der Waals surface area contributed by atoms with Gasteiger partial charge in [0.05, 0.1) is 6.42 Å². The van der Waals surface area contributed by atoms with Crippen LogP contribution in [0.5, 0.6) is 0 Å². The third kappa shape index (κ3) is 2.82. The van der Waals surface area contributed by atoms with E-state index in [0.717, 1.165) is 5.69 Å². The lowest BCUT2D eigenvalue weighted by atomic mass is 10.1. The fourth-order valence-electron chi connectivity index (χ4n) is 2.14. The van der Waals surface area contributed by atoms with E-state index < -0.39 is 5.97 Å². The number of amides is 1. The van der Waals surface area contributed by atoms with Crippen LogP contribution in [0.25, 0.3) is 0 Å². The molecule has 0 radical (unpaired) electrons. The molecule has 1 unspecified atom stereocenters. The van der Waals surface area contributed by atoms with Gasteiger partial charge in [-0.2, -0.15) is 0 Å². The SMILES string of the molecule is O=C(O)Cc1cccc(N2CC(CCl)CC2=O)c1. The first-order valence-electron chi connectivity index (χ1n) is 5.77. The molecule has 0 aliphatic carbocycles. The normalized spacial score (nSPS) is 19.3. The van der Waals surface area contributed by atoms with Crippen LogP contribution < -0.4 is 4.90 Å². The third-order valence-corrected chi connectivity index (χ3v) is 3.44. The molecule has 1 aliphatic heterocycles. The number of halogens is 1. The zero-order chi connectivity index (χ0) is 13.1. The second-order valence-corrected chi connectivity index (χ2v) is 4.78. The molecule has 5 heteroatoms. The average Bonchev–Trinajstić information content (AvgIpc) is 2.70. The predicted octanol–water partition coefficient (Wildman–Crippen LogP) is 1.91. The molecule has 1 aromatic rings. The quantitative estimate of drug-likeness (QED) is 0.848. The van der Waals surface area contributed by atoms with Crippen LogP contribution >= 0.6 is 11.6 Å². The van der Waals surface area contributed by atoms with Crippen molar-refractivity contribution in [2.75, 3.05) is 17.3 Å². The zero-order valence-electron chi connectivity index (χ0n) is 9.80. The zero-order valence-corrected chi connectivity index (χ0v) is 10.6. The molecule has 1 atom stereocenters. The van der Waals surface area contributed by atoms with Crippen LogP contribution in [0.4, 0.5) is 5.69 Å². The number of rotatable bonds is 4. The molecule has 96 valence electrons. The number of hydrogen-bond donors (Lipinski definition) is 1. The highest BCUT2D eigenvalue weighted by atomic mass is 35.5. The fourth-order valence-corrected chi connectivity index (χ4v) is 2.35. The molecular formula is C13H14ClNO3. The molecule has 1 saturated heterocycles. The lowest BCUT2D eigenvalue weighted by Crippen LogP contribution is -2.24. The van der Waals surface area contributed by atoms with Crippen LogP contribution in [0.15, 0.2) is 24.3 Å². The first kappa shape index (κ1) is 12.9. The lowest BCUT2D eigenvalue weighted by molar-refractivity contribution is -0.136. The predicted molar refractivity (Wildman–Crippen MR) is 69.0 cm³/mol. The molecule has 0 aromatic heterocycles. The summed E-state index contributed by atoms with van der Waals surface area (Å²) in [5.74, 6) is -0.175. The van der Waals surface area contributed by atoms with Crippen molar-refractivity contribution in [1.82, 2.24) is 0 Å². The molecule has 1 heterocycles. The molecule has 1 aromatic carbocycles. The van der Waals surface area contributed by atoms with Crippen LogP contribution in [-0.4, -0.2) is 29.4 Å². The highest BCUT2D eigenvalue weighted by Crippen LogP contribution is 2.26. The van der Waals surface area contributed by atoms with Gasteiger partial charge in [0.2, 0.25) is 5.91 Å². The summed E-state index contributed by atoms with van der Waals surface area (Å²) >= 11 is 5.77. The molecule has 2 rings (SSSR count). The van der Waals surface area contributed by atoms with E-state index in [1.807, 2.05) is 6.07 Å². The molecule has 0 saturated carbocycles. The van der Waals surface area contributed by atoms with Gasteiger partial charge < -0.3 is 10.0 Å². The number of nitrogens with zero attached hydrogens (tertiary/aromatic N) is 1. The Kier molecular flexibility index (Phi) is 3.87. The van der Waals surface area contributed by atoms with Gasteiger partial charge in [0.1, 0.15) is 0 Å². The van der Waals surface area contributed by atoms with Gasteiger partial charge in [0.25, 0.3) is 0 Å². The Morgan fingerprint density at radius 3 is 2.89 bits per heavy atom. The van der Waals surface area contributed by atoms with Crippen LogP contribution in [0, 0.1) is 5.92 Å². The summed E-state index contributed by atoms with van der Waals surface area (Å²) in [6, 6.07) is 7.09. The Bertz CT molecular complexity index is 475. The molecule has 4 nitrogen and oxygen atoms in total. The fraction of sp³-hybridized carbons (Fsp3) is 0.385. The monoisotopic (exact) mass is 267 g/mol. The molecule has 0 bridgehead atoms. The maximum absolute atomic E-state index is 11.8. The molecule has 1 fully saturated rings. The van der Waals surface area contributed by atoms with Crippen molar-refractivity contribution in [2.45, 2.75) is 12.8 Å². The van der Waals surface area contributed by atoms with Gasteiger partial charge in [-0.3, -0.25) is 9.59 Å². The summed E-state index contributed by atoms with van der Waals surface area (Å²) in [5, 5.41) is 8.76. The molecule has 1 aliphatic rings.